The quantitative estimate of drug-likeness (QED) is 0.0840. The number of fused-ring (bicyclic) bond motifs is 2. The highest BCUT2D eigenvalue weighted by atomic mass is 28.4. The lowest BCUT2D eigenvalue weighted by Gasteiger charge is -2.37. The van der Waals surface area contributed by atoms with Crippen LogP contribution in [-0.2, 0) is 22.4 Å². The van der Waals surface area contributed by atoms with Gasteiger partial charge in [0.2, 0.25) is 11.5 Å². The molecule has 0 fully saturated rings. The standard InChI is InChI=1S/C28H38O7Si.C28H38O6Si/c1-28(2,3)36(8,9)35-23-15-17(11-13-22(23)31-4)20-14-18(27(29)30)10-12-19-21(20)16-24(32-5)26(34-7)25(19)33-6;1-28(2,3)35(8,9)34-24-15-19(11-13-23(24)30-4)21-14-18(17-29)10-12-20-22(21)16-25(31-5)27(33-7)26(20)32-6/h11,13-16,18H,10,12H2,1-9H3,(H,29,30);11,13-18H,10,12H2,1-9H3/t2*18-/m11/s1. The van der Waals surface area contributed by atoms with Crippen LogP contribution >= 0.6 is 0 Å². The number of methoxy groups -OCH3 is 8. The number of ether oxygens (including phenoxy) is 8. The van der Waals surface area contributed by atoms with Crippen molar-refractivity contribution >= 4 is 40.0 Å². The lowest BCUT2D eigenvalue weighted by molar-refractivity contribution is -0.140. The number of hydrogen-bond donors (Lipinski definition) is 1. The van der Waals surface area contributed by atoms with Crippen molar-refractivity contribution in [3.8, 4) is 57.5 Å². The predicted molar refractivity (Wildman–Crippen MR) is 285 cm³/mol. The molecule has 386 valence electrons. The van der Waals surface area contributed by atoms with Crippen LogP contribution in [-0.4, -0.2) is 90.9 Å². The third kappa shape index (κ3) is 11.8. The number of carboxylic acid groups (broad SMARTS) is 1. The van der Waals surface area contributed by atoms with E-state index in [-0.39, 0.29) is 16.0 Å². The van der Waals surface area contributed by atoms with Gasteiger partial charge in [0.1, 0.15) is 17.8 Å². The molecule has 4 aromatic carbocycles. The van der Waals surface area contributed by atoms with Crippen LogP contribution in [0.5, 0.6) is 57.5 Å². The number of benzene rings is 4. The molecule has 0 aromatic heterocycles. The first kappa shape index (κ1) is 55.9. The largest absolute Gasteiger partial charge is 0.541 e. The number of carbonyl (C=O) groups is 2. The maximum absolute atomic E-state index is 12.1. The van der Waals surface area contributed by atoms with Gasteiger partial charge in [-0.3, -0.25) is 4.79 Å². The van der Waals surface area contributed by atoms with Crippen molar-refractivity contribution in [1.29, 1.82) is 0 Å². The Labute approximate surface area is 423 Å². The number of aldehydes is 1. The van der Waals surface area contributed by atoms with Crippen LogP contribution in [0.3, 0.4) is 0 Å². The zero-order valence-corrected chi connectivity index (χ0v) is 47.2. The molecular formula is C56H76O13Si2. The molecule has 71 heavy (non-hydrogen) atoms. The first-order valence-electron chi connectivity index (χ1n) is 23.9. The molecule has 6 rings (SSSR count). The third-order valence-electron chi connectivity index (χ3n) is 14.4. The molecule has 0 unspecified atom stereocenters. The van der Waals surface area contributed by atoms with Gasteiger partial charge in [-0.1, -0.05) is 65.8 Å². The van der Waals surface area contributed by atoms with Gasteiger partial charge in [-0.2, -0.15) is 0 Å². The fourth-order valence-electron chi connectivity index (χ4n) is 8.29. The number of hydrogen-bond acceptors (Lipinski definition) is 12. The summed E-state index contributed by atoms with van der Waals surface area (Å²) in [5.74, 6) is 4.22. The Morgan fingerprint density at radius 3 is 1.24 bits per heavy atom. The first-order valence-corrected chi connectivity index (χ1v) is 29.7. The second-order valence-electron chi connectivity index (χ2n) is 20.8. The van der Waals surface area contributed by atoms with Crippen LogP contribution in [0.2, 0.25) is 36.3 Å². The molecule has 2 aliphatic rings. The Morgan fingerprint density at radius 1 is 0.521 bits per heavy atom. The van der Waals surface area contributed by atoms with Crippen molar-refractivity contribution in [3.63, 3.8) is 0 Å². The molecule has 0 bridgehead atoms. The van der Waals surface area contributed by atoms with Gasteiger partial charge in [0.05, 0.1) is 62.8 Å². The van der Waals surface area contributed by atoms with E-state index < -0.39 is 28.5 Å². The Bertz CT molecular complexity index is 2630. The van der Waals surface area contributed by atoms with E-state index in [0.717, 1.165) is 50.8 Å². The van der Waals surface area contributed by atoms with Crippen LogP contribution in [0.25, 0.3) is 11.1 Å². The van der Waals surface area contributed by atoms with E-state index in [2.05, 4.69) is 67.7 Å². The van der Waals surface area contributed by atoms with Crippen molar-refractivity contribution in [3.05, 3.63) is 94.1 Å². The summed E-state index contributed by atoms with van der Waals surface area (Å²) in [6.07, 6.45) is 7.14. The second-order valence-corrected chi connectivity index (χ2v) is 30.2. The number of carboxylic acids is 1. The molecule has 1 N–H and O–H groups in total. The van der Waals surface area contributed by atoms with E-state index in [0.29, 0.717) is 83.2 Å². The highest BCUT2D eigenvalue weighted by Crippen LogP contribution is 2.51. The van der Waals surface area contributed by atoms with Gasteiger partial charge < -0.3 is 56.6 Å². The summed E-state index contributed by atoms with van der Waals surface area (Å²) < 4.78 is 58.6. The molecule has 2 atom stereocenters. The van der Waals surface area contributed by atoms with Crippen molar-refractivity contribution in [2.75, 3.05) is 56.9 Å². The Kier molecular flexibility index (Phi) is 17.8. The molecule has 13 nitrogen and oxygen atoms in total. The van der Waals surface area contributed by atoms with E-state index in [1.54, 1.807) is 56.9 Å². The van der Waals surface area contributed by atoms with Gasteiger partial charge in [-0.15, -0.1) is 0 Å². The zero-order valence-electron chi connectivity index (χ0n) is 45.2. The van der Waals surface area contributed by atoms with Gasteiger partial charge in [0.25, 0.3) is 16.6 Å². The lowest BCUT2D eigenvalue weighted by atomic mass is 9.92. The number of carbonyl (C=O) groups excluding carboxylic acids is 1. The van der Waals surface area contributed by atoms with E-state index in [1.807, 2.05) is 60.7 Å². The van der Waals surface area contributed by atoms with Crippen LogP contribution in [0.4, 0.5) is 0 Å². The normalized spacial score (nSPS) is 15.9. The molecule has 0 saturated carbocycles. The molecule has 0 spiro atoms. The monoisotopic (exact) mass is 1010 g/mol. The van der Waals surface area contributed by atoms with Crippen molar-refractivity contribution in [2.45, 2.75) is 103 Å². The molecule has 0 radical (unpaired) electrons. The minimum absolute atomic E-state index is 0.00606. The lowest BCUT2D eigenvalue weighted by Crippen LogP contribution is -2.43. The minimum atomic E-state index is -2.17. The summed E-state index contributed by atoms with van der Waals surface area (Å²) in [6.45, 7) is 22.0. The van der Waals surface area contributed by atoms with Crippen molar-refractivity contribution in [2.24, 2.45) is 11.8 Å². The zero-order chi connectivity index (χ0) is 52.8. The van der Waals surface area contributed by atoms with Crippen molar-refractivity contribution in [1.82, 2.24) is 0 Å². The average molecular weight is 1010 g/mol. The van der Waals surface area contributed by atoms with Crippen LogP contribution in [0.1, 0.15) is 87.8 Å². The molecule has 0 heterocycles. The van der Waals surface area contributed by atoms with Crippen LogP contribution in [0.15, 0.2) is 60.7 Å². The summed E-state index contributed by atoms with van der Waals surface area (Å²) in [6, 6.07) is 15.6. The van der Waals surface area contributed by atoms with Gasteiger partial charge in [0.15, 0.2) is 34.5 Å². The summed E-state index contributed by atoms with van der Waals surface area (Å²) in [4.78, 5) is 24.1. The highest BCUT2D eigenvalue weighted by Gasteiger charge is 2.41. The summed E-state index contributed by atoms with van der Waals surface area (Å²) in [5, 5.41) is 9.97. The molecule has 4 aromatic rings. The van der Waals surface area contributed by atoms with Gasteiger partial charge in [-0.25, -0.2) is 0 Å². The first-order chi connectivity index (χ1) is 33.4. The van der Waals surface area contributed by atoms with Crippen molar-refractivity contribution < 1.29 is 61.4 Å². The topological polar surface area (TPSA) is 147 Å². The molecule has 15 heteroatoms. The minimum Gasteiger partial charge on any atom is -0.541 e. The molecule has 0 aliphatic heterocycles. The molecule has 0 amide bonds. The summed E-state index contributed by atoms with van der Waals surface area (Å²) in [5.41, 5.74) is 7.13. The molecular weight excluding hydrogens is 937 g/mol. The Morgan fingerprint density at radius 2 is 0.901 bits per heavy atom. The number of rotatable bonds is 16. The van der Waals surface area contributed by atoms with Crippen LogP contribution < -0.4 is 46.7 Å². The van der Waals surface area contributed by atoms with Gasteiger partial charge >= 0.3 is 5.97 Å². The fraction of sp³-hybridized carbons (Fsp3) is 0.464. The van der Waals surface area contributed by atoms with E-state index in [1.165, 1.54) is 0 Å². The number of allylic oxidation sites excluding steroid dienone is 1. The maximum Gasteiger partial charge on any atom is 0.310 e. The average Bonchev–Trinajstić information content (AvgIpc) is 3.64. The number of aliphatic carboxylic acids is 1. The molecule has 2 aliphatic carbocycles. The predicted octanol–water partition coefficient (Wildman–Crippen LogP) is 12.5. The fourth-order valence-corrected chi connectivity index (χ4v) is 10.3. The Balaban J connectivity index is 0.000000264. The maximum atomic E-state index is 12.1. The SMILES string of the molecule is COc1ccc(C2=C[C@H](C(=O)O)CCc3c2cc(OC)c(OC)c3OC)cc1O[Si](C)(C)C(C)(C)C.COc1ccc(C2=C[C@H](C=O)CCc3c2cc(OC)c(OC)c3OC)cc1O[Si](C)(C)C(C)(C)C. The van der Waals surface area contributed by atoms with Gasteiger partial charge in [0, 0.05) is 17.0 Å². The highest BCUT2D eigenvalue weighted by molar-refractivity contribution is 6.75. The van der Waals surface area contributed by atoms with Gasteiger partial charge in [-0.05, 0) is 132 Å². The van der Waals surface area contributed by atoms with E-state index in [4.69, 9.17) is 46.7 Å². The smallest absolute Gasteiger partial charge is 0.310 e. The summed E-state index contributed by atoms with van der Waals surface area (Å²) in [7, 11) is 8.53. The van der Waals surface area contributed by atoms with E-state index in [9.17, 15) is 14.7 Å². The Hall–Kier alpha value is -6.07. The third-order valence-corrected chi connectivity index (χ3v) is 23.1. The summed E-state index contributed by atoms with van der Waals surface area (Å²) >= 11 is 0. The van der Waals surface area contributed by atoms with Crippen LogP contribution in [0, 0.1) is 11.8 Å². The second kappa shape index (κ2) is 22.6. The molecule has 0 saturated heterocycles. The van der Waals surface area contributed by atoms with E-state index >= 15 is 0 Å².